The third-order valence-electron chi connectivity index (χ3n) is 4.57. The van der Waals surface area contributed by atoms with Gasteiger partial charge in [0.2, 0.25) is 5.91 Å². The van der Waals surface area contributed by atoms with Gasteiger partial charge in [-0.1, -0.05) is 36.4 Å². The van der Waals surface area contributed by atoms with Gasteiger partial charge in [-0.2, -0.15) is 0 Å². The van der Waals surface area contributed by atoms with Crippen molar-refractivity contribution >= 4 is 22.6 Å². The number of amides is 2. The minimum absolute atomic E-state index is 0.0183. The average Bonchev–Trinajstić information content (AvgIpc) is 2.54. The Hall–Kier alpha value is -2.36. The quantitative estimate of drug-likeness (QED) is 0.925. The largest absolute Gasteiger partial charge is 0.369 e. The number of hydrogen-bond donors (Lipinski definition) is 1. The van der Waals surface area contributed by atoms with Gasteiger partial charge >= 0.3 is 0 Å². The van der Waals surface area contributed by atoms with Gasteiger partial charge in [0.15, 0.2) is 0 Å². The summed E-state index contributed by atoms with van der Waals surface area (Å²) in [6, 6.07) is 13.7. The second kappa shape index (κ2) is 5.79. The number of fused-ring (bicyclic) bond motifs is 1. The molecule has 22 heavy (non-hydrogen) atoms. The van der Waals surface area contributed by atoms with Gasteiger partial charge in [0, 0.05) is 18.2 Å². The molecule has 0 saturated carbocycles. The van der Waals surface area contributed by atoms with Crippen molar-refractivity contribution in [2.75, 3.05) is 6.54 Å². The highest BCUT2D eigenvalue weighted by Crippen LogP contribution is 2.26. The van der Waals surface area contributed by atoms with Crippen LogP contribution in [-0.2, 0) is 4.79 Å². The highest BCUT2D eigenvalue weighted by molar-refractivity contribution is 6.07. The molecule has 2 aromatic carbocycles. The number of nitrogens with zero attached hydrogens (tertiary/aromatic N) is 1. The van der Waals surface area contributed by atoms with Gasteiger partial charge in [-0.25, -0.2) is 0 Å². The molecule has 2 unspecified atom stereocenters. The Balaban J connectivity index is 1.96. The van der Waals surface area contributed by atoms with Crippen LogP contribution in [0.2, 0.25) is 0 Å². The van der Waals surface area contributed by atoms with Gasteiger partial charge in [-0.05, 0) is 36.6 Å². The van der Waals surface area contributed by atoms with E-state index in [1.54, 1.807) is 4.90 Å². The lowest BCUT2D eigenvalue weighted by atomic mass is 9.92. The van der Waals surface area contributed by atoms with Crippen molar-refractivity contribution in [2.24, 2.45) is 11.7 Å². The minimum Gasteiger partial charge on any atom is -0.369 e. The van der Waals surface area contributed by atoms with Crippen LogP contribution in [0.3, 0.4) is 0 Å². The predicted molar refractivity (Wildman–Crippen MR) is 86.4 cm³/mol. The third-order valence-corrected chi connectivity index (χ3v) is 4.57. The highest BCUT2D eigenvalue weighted by Gasteiger charge is 2.32. The number of hydrogen-bond acceptors (Lipinski definition) is 2. The zero-order chi connectivity index (χ0) is 15.7. The van der Waals surface area contributed by atoms with E-state index in [1.807, 2.05) is 49.4 Å². The fourth-order valence-corrected chi connectivity index (χ4v) is 3.19. The maximum atomic E-state index is 13.0. The van der Waals surface area contributed by atoms with Crippen LogP contribution in [0.15, 0.2) is 42.5 Å². The Kier molecular flexibility index (Phi) is 3.84. The van der Waals surface area contributed by atoms with Gasteiger partial charge < -0.3 is 10.6 Å². The van der Waals surface area contributed by atoms with Gasteiger partial charge in [-0.15, -0.1) is 0 Å². The molecule has 1 aliphatic rings. The summed E-state index contributed by atoms with van der Waals surface area (Å²) >= 11 is 0. The fraction of sp³-hybridized carbons (Fsp3) is 0.333. The summed E-state index contributed by atoms with van der Waals surface area (Å²) in [5.41, 5.74) is 6.12. The molecule has 2 amide bonds. The second-order valence-electron chi connectivity index (χ2n) is 6.01. The summed E-state index contributed by atoms with van der Waals surface area (Å²) in [5, 5.41) is 1.99. The normalized spacial score (nSPS) is 21.8. The standard InChI is InChI=1S/C18H20N2O2/c1-12-9-10-14(17(19)21)11-20(12)18(22)16-8-4-6-13-5-2-3-7-15(13)16/h2-8,12,14H,9-11H2,1H3,(H2,19,21). The molecule has 2 N–H and O–H groups in total. The molecule has 0 aromatic heterocycles. The smallest absolute Gasteiger partial charge is 0.254 e. The van der Waals surface area contributed by atoms with Crippen molar-refractivity contribution in [3.63, 3.8) is 0 Å². The van der Waals surface area contributed by atoms with Crippen molar-refractivity contribution in [3.05, 3.63) is 48.0 Å². The molecule has 0 aliphatic carbocycles. The molecule has 3 rings (SSSR count). The van der Waals surface area contributed by atoms with Crippen LogP contribution in [0, 0.1) is 5.92 Å². The molecule has 0 spiro atoms. The van der Waals surface area contributed by atoms with E-state index in [4.69, 9.17) is 5.73 Å². The molecule has 4 heteroatoms. The first-order valence-corrected chi connectivity index (χ1v) is 7.66. The summed E-state index contributed by atoms with van der Waals surface area (Å²) in [4.78, 5) is 26.2. The van der Waals surface area contributed by atoms with Crippen molar-refractivity contribution in [2.45, 2.75) is 25.8 Å². The van der Waals surface area contributed by atoms with E-state index in [9.17, 15) is 9.59 Å². The topological polar surface area (TPSA) is 63.4 Å². The summed E-state index contributed by atoms with van der Waals surface area (Å²) in [7, 11) is 0. The van der Waals surface area contributed by atoms with E-state index in [1.165, 1.54) is 0 Å². The number of rotatable bonds is 2. The number of benzene rings is 2. The lowest BCUT2D eigenvalue weighted by Crippen LogP contribution is -2.48. The first-order valence-electron chi connectivity index (χ1n) is 7.66. The number of carbonyl (C=O) groups is 2. The predicted octanol–water partition coefficient (Wildman–Crippen LogP) is 2.57. The summed E-state index contributed by atoms with van der Waals surface area (Å²) < 4.78 is 0. The van der Waals surface area contributed by atoms with E-state index in [0.717, 1.165) is 23.6 Å². The maximum absolute atomic E-state index is 13.0. The Morgan fingerprint density at radius 2 is 1.82 bits per heavy atom. The Morgan fingerprint density at radius 3 is 2.59 bits per heavy atom. The van der Waals surface area contributed by atoms with E-state index >= 15 is 0 Å². The van der Waals surface area contributed by atoms with E-state index in [2.05, 4.69) is 0 Å². The molecule has 2 aromatic rings. The van der Waals surface area contributed by atoms with E-state index in [-0.39, 0.29) is 23.8 Å². The van der Waals surface area contributed by atoms with Crippen LogP contribution in [0.25, 0.3) is 10.8 Å². The molecular formula is C18H20N2O2. The third kappa shape index (κ3) is 2.56. The van der Waals surface area contributed by atoms with Gasteiger partial charge in [0.25, 0.3) is 5.91 Å². The van der Waals surface area contributed by atoms with Gasteiger partial charge in [0.05, 0.1) is 5.92 Å². The Labute approximate surface area is 129 Å². The van der Waals surface area contributed by atoms with Crippen molar-refractivity contribution < 1.29 is 9.59 Å². The zero-order valence-electron chi connectivity index (χ0n) is 12.7. The molecule has 4 nitrogen and oxygen atoms in total. The van der Waals surface area contributed by atoms with Crippen molar-refractivity contribution in [3.8, 4) is 0 Å². The van der Waals surface area contributed by atoms with Crippen LogP contribution < -0.4 is 5.73 Å². The summed E-state index contributed by atoms with van der Waals surface area (Å²) in [6.45, 7) is 2.44. The first kappa shape index (κ1) is 14.6. The lowest BCUT2D eigenvalue weighted by molar-refractivity contribution is -0.123. The Bertz CT molecular complexity index is 721. The Morgan fingerprint density at radius 1 is 1.09 bits per heavy atom. The molecule has 1 aliphatic heterocycles. The fourth-order valence-electron chi connectivity index (χ4n) is 3.19. The first-order chi connectivity index (χ1) is 10.6. The van der Waals surface area contributed by atoms with Crippen LogP contribution in [0.1, 0.15) is 30.1 Å². The number of primary amides is 1. The maximum Gasteiger partial charge on any atom is 0.254 e. The number of piperidine rings is 1. The van der Waals surface area contributed by atoms with Crippen LogP contribution in [0.5, 0.6) is 0 Å². The van der Waals surface area contributed by atoms with Gasteiger partial charge in [0.1, 0.15) is 0 Å². The molecule has 1 saturated heterocycles. The van der Waals surface area contributed by atoms with Crippen molar-refractivity contribution in [1.29, 1.82) is 0 Å². The average molecular weight is 296 g/mol. The molecule has 0 bridgehead atoms. The SMILES string of the molecule is CC1CCC(C(N)=O)CN1C(=O)c1cccc2ccccc12. The summed E-state index contributed by atoms with van der Waals surface area (Å²) in [6.07, 6.45) is 1.57. The number of nitrogens with two attached hydrogens (primary N) is 1. The molecule has 0 radical (unpaired) electrons. The molecule has 1 fully saturated rings. The van der Waals surface area contributed by atoms with Gasteiger partial charge in [-0.3, -0.25) is 9.59 Å². The lowest BCUT2D eigenvalue weighted by Gasteiger charge is -2.37. The van der Waals surface area contributed by atoms with Crippen LogP contribution >= 0.6 is 0 Å². The molecule has 1 heterocycles. The molecule has 2 atom stereocenters. The molecule has 114 valence electrons. The zero-order valence-corrected chi connectivity index (χ0v) is 12.7. The number of carbonyl (C=O) groups excluding carboxylic acids is 2. The van der Waals surface area contributed by atoms with Crippen LogP contribution in [-0.4, -0.2) is 29.3 Å². The number of likely N-dealkylation sites (tertiary alicyclic amines) is 1. The second-order valence-corrected chi connectivity index (χ2v) is 6.01. The van der Waals surface area contributed by atoms with E-state index in [0.29, 0.717) is 12.1 Å². The molecular weight excluding hydrogens is 276 g/mol. The monoisotopic (exact) mass is 296 g/mol. The van der Waals surface area contributed by atoms with Crippen LogP contribution in [0.4, 0.5) is 0 Å². The highest BCUT2D eigenvalue weighted by atomic mass is 16.2. The summed E-state index contributed by atoms with van der Waals surface area (Å²) in [5.74, 6) is -0.576. The van der Waals surface area contributed by atoms with Crippen molar-refractivity contribution in [1.82, 2.24) is 4.90 Å². The minimum atomic E-state index is -0.317. The van der Waals surface area contributed by atoms with E-state index < -0.39 is 0 Å².